The summed E-state index contributed by atoms with van der Waals surface area (Å²) >= 11 is 0. The van der Waals surface area contributed by atoms with E-state index in [9.17, 15) is 14.4 Å². The lowest BCUT2D eigenvalue weighted by atomic mass is 9.62. The number of ether oxygens (including phenoxy) is 1. The molecule has 0 heterocycles. The highest BCUT2D eigenvalue weighted by atomic mass is 16.5. The number of carbonyl (C=O) groups excluding carboxylic acids is 3. The monoisotopic (exact) mass is 328 g/mol. The lowest BCUT2D eigenvalue weighted by molar-refractivity contribution is -0.151. The van der Waals surface area contributed by atoms with Crippen LogP contribution in [0.1, 0.15) is 61.9 Å². The molecular formula is C20H24O4. The Morgan fingerprint density at radius 2 is 1.88 bits per heavy atom. The number of fused-ring (bicyclic) bond motifs is 1. The predicted octanol–water partition coefficient (Wildman–Crippen LogP) is 3.47. The number of ketones is 2. The molecule has 3 rings (SSSR count). The van der Waals surface area contributed by atoms with Crippen LogP contribution in [-0.4, -0.2) is 24.1 Å². The number of Topliss-reactive ketones (excluding diaryl/α,β-unsaturated/α-hetero) is 2. The maximum absolute atomic E-state index is 13.2. The maximum atomic E-state index is 13.2. The highest BCUT2D eigenvalue weighted by Crippen LogP contribution is 2.44. The first-order chi connectivity index (χ1) is 11.5. The minimum absolute atomic E-state index is 0.164. The van der Waals surface area contributed by atoms with Crippen molar-refractivity contribution in [1.29, 1.82) is 0 Å². The molecule has 0 radical (unpaired) electrons. The van der Waals surface area contributed by atoms with Crippen LogP contribution in [0.15, 0.2) is 24.3 Å². The Hall–Kier alpha value is -1.97. The summed E-state index contributed by atoms with van der Waals surface area (Å²) in [6, 6.07) is 7.23. The van der Waals surface area contributed by atoms with Gasteiger partial charge in [-0.15, -0.1) is 0 Å². The van der Waals surface area contributed by atoms with Crippen LogP contribution in [0.5, 0.6) is 0 Å². The molecule has 0 N–H and O–H groups in total. The van der Waals surface area contributed by atoms with Gasteiger partial charge in [-0.2, -0.15) is 0 Å². The molecule has 4 nitrogen and oxygen atoms in total. The van der Waals surface area contributed by atoms with Crippen molar-refractivity contribution in [2.75, 3.05) is 6.61 Å². The van der Waals surface area contributed by atoms with Crippen LogP contribution in [0.3, 0.4) is 0 Å². The van der Waals surface area contributed by atoms with Crippen molar-refractivity contribution >= 4 is 17.5 Å². The first-order valence-electron chi connectivity index (χ1n) is 8.83. The molecule has 24 heavy (non-hydrogen) atoms. The number of esters is 1. The largest absolute Gasteiger partial charge is 0.465 e. The van der Waals surface area contributed by atoms with Crippen LogP contribution in [0.4, 0.5) is 0 Å². The number of rotatable bonds is 4. The van der Waals surface area contributed by atoms with Crippen molar-refractivity contribution in [2.24, 2.45) is 11.8 Å². The van der Waals surface area contributed by atoms with Gasteiger partial charge in [-0.1, -0.05) is 49.9 Å². The Bertz CT molecular complexity index is 672. The van der Waals surface area contributed by atoms with Crippen molar-refractivity contribution in [3.63, 3.8) is 0 Å². The molecule has 1 aromatic carbocycles. The average Bonchev–Trinajstić information content (AvgIpc) is 3.06. The van der Waals surface area contributed by atoms with E-state index in [1.807, 2.05) is 19.1 Å². The van der Waals surface area contributed by atoms with Crippen LogP contribution in [0.2, 0.25) is 0 Å². The Balaban J connectivity index is 2.05. The Labute approximate surface area is 142 Å². The number of carbonyl (C=O) groups is 3. The number of benzene rings is 1. The zero-order valence-electron chi connectivity index (χ0n) is 14.3. The topological polar surface area (TPSA) is 60.4 Å². The Morgan fingerprint density at radius 1 is 1.21 bits per heavy atom. The second-order valence-electron chi connectivity index (χ2n) is 7.15. The van der Waals surface area contributed by atoms with E-state index in [1.54, 1.807) is 19.1 Å². The third kappa shape index (κ3) is 2.68. The summed E-state index contributed by atoms with van der Waals surface area (Å²) in [6.07, 6.45) is 5.31. The van der Waals surface area contributed by atoms with Crippen LogP contribution in [-0.2, 0) is 19.7 Å². The van der Waals surface area contributed by atoms with E-state index < -0.39 is 23.1 Å². The first kappa shape index (κ1) is 16.9. The van der Waals surface area contributed by atoms with E-state index >= 15 is 0 Å². The molecule has 128 valence electrons. The predicted molar refractivity (Wildman–Crippen MR) is 89.8 cm³/mol. The van der Waals surface area contributed by atoms with Crippen LogP contribution in [0.25, 0.3) is 0 Å². The number of hydrogen-bond acceptors (Lipinski definition) is 4. The fourth-order valence-electron chi connectivity index (χ4n) is 4.35. The minimum Gasteiger partial charge on any atom is -0.465 e. The molecule has 1 fully saturated rings. The van der Waals surface area contributed by atoms with Gasteiger partial charge in [0.1, 0.15) is 0 Å². The Morgan fingerprint density at radius 3 is 2.54 bits per heavy atom. The van der Waals surface area contributed by atoms with Crippen LogP contribution in [0, 0.1) is 11.8 Å². The van der Waals surface area contributed by atoms with Gasteiger partial charge in [-0.25, -0.2) is 0 Å². The Kier molecular flexibility index (Phi) is 4.57. The van der Waals surface area contributed by atoms with E-state index in [1.165, 1.54) is 12.8 Å². The third-order valence-corrected chi connectivity index (χ3v) is 5.55. The molecule has 2 aliphatic rings. The zero-order valence-corrected chi connectivity index (χ0v) is 14.3. The number of hydrogen-bond donors (Lipinski definition) is 0. The minimum atomic E-state index is -1.31. The summed E-state index contributed by atoms with van der Waals surface area (Å²) in [4.78, 5) is 38.2. The van der Waals surface area contributed by atoms with E-state index in [-0.39, 0.29) is 12.4 Å². The molecule has 4 heteroatoms. The SMILES string of the molecule is CCOC(=O)C1C(=O)c2ccccc2C(C)(CC2CCCC2)C1=O. The normalized spacial score (nSPS) is 27.2. The van der Waals surface area contributed by atoms with Crippen molar-refractivity contribution in [1.82, 2.24) is 0 Å². The lowest BCUT2D eigenvalue weighted by Crippen LogP contribution is -2.50. The molecule has 1 aromatic rings. The molecule has 0 aromatic heterocycles. The lowest BCUT2D eigenvalue weighted by Gasteiger charge is -2.38. The molecule has 0 saturated heterocycles. The summed E-state index contributed by atoms with van der Waals surface area (Å²) in [5.74, 6) is -2.26. The van der Waals surface area contributed by atoms with E-state index in [2.05, 4.69) is 0 Å². The standard InChI is InChI=1S/C20H24O4/c1-3-24-19(23)16-17(21)14-10-6-7-11-15(14)20(2,18(16)22)12-13-8-4-5-9-13/h6-7,10-11,13,16H,3-5,8-9,12H2,1-2H3. The fourth-order valence-corrected chi connectivity index (χ4v) is 4.35. The fraction of sp³-hybridized carbons (Fsp3) is 0.550. The van der Waals surface area contributed by atoms with Crippen molar-refractivity contribution in [3.05, 3.63) is 35.4 Å². The van der Waals surface area contributed by atoms with E-state index in [0.29, 0.717) is 17.9 Å². The molecule has 1 saturated carbocycles. The second kappa shape index (κ2) is 6.50. The van der Waals surface area contributed by atoms with Crippen molar-refractivity contribution in [2.45, 2.75) is 51.4 Å². The highest BCUT2D eigenvalue weighted by Gasteiger charge is 2.52. The van der Waals surface area contributed by atoms with Gasteiger partial charge in [-0.3, -0.25) is 14.4 Å². The molecule has 0 spiro atoms. The molecule has 0 amide bonds. The van der Waals surface area contributed by atoms with Gasteiger partial charge in [0.05, 0.1) is 12.0 Å². The molecule has 2 aliphatic carbocycles. The molecule has 2 unspecified atom stereocenters. The first-order valence-corrected chi connectivity index (χ1v) is 8.83. The summed E-state index contributed by atoms with van der Waals surface area (Å²) in [6.45, 7) is 3.74. The average molecular weight is 328 g/mol. The summed E-state index contributed by atoms with van der Waals surface area (Å²) in [7, 11) is 0. The van der Waals surface area contributed by atoms with E-state index in [4.69, 9.17) is 4.74 Å². The van der Waals surface area contributed by atoms with E-state index in [0.717, 1.165) is 18.4 Å². The maximum Gasteiger partial charge on any atom is 0.324 e. The van der Waals surface area contributed by atoms with Gasteiger partial charge >= 0.3 is 5.97 Å². The van der Waals surface area contributed by atoms with Gasteiger partial charge in [-0.05, 0) is 31.7 Å². The van der Waals surface area contributed by atoms with Gasteiger partial charge in [0.25, 0.3) is 0 Å². The van der Waals surface area contributed by atoms with Gasteiger partial charge < -0.3 is 4.74 Å². The van der Waals surface area contributed by atoms with Gasteiger partial charge in [0, 0.05) is 5.56 Å². The van der Waals surface area contributed by atoms with Gasteiger partial charge in [0.15, 0.2) is 17.5 Å². The molecule has 0 aliphatic heterocycles. The van der Waals surface area contributed by atoms with Crippen molar-refractivity contribution in [3.8, 4) is 0 Å². The molecule has 0 bridgehead atoms. The van der Waals surface area contributed by atoms with Crippen LogP contribution < -0.4 is 0 Å². The molecular weight excluding hydrogens is 304 g/mol. The highest BCUT2D eigenvalue weighted by molar-refractivity contribution is 6.28. The molecule has 2 atom stereocenters. The zero-order chi connectivity index (χ0) is 17.3. The quantitative estimate of drug-likeness (QED) is 0.627. The second-order valence-corrected chi connectivity index (χ2v) is 7.15. The summed E-state index contributed by atoms with van der Waals surface area (Å²) < 4.78 is 5.02. The van der Waals surface area contributed by atoms with Crippen LogP contribution >= 0.6 is 0 Å². The third-order valence-electron chi connectivity index (χ3n) is 5.55. The van der Waals surface area contributed by atoms with Gasteiger partial charge in [0.2, 0.25) is 0 Å². The van der Waals surface area contributed by atoms with Crippen molar-refractivity contribution < 1.29 is 19.1 Å². The summed E-state index contributed by atoms with van der Waals surface area (Å²) in [5.41, 5.74) is 0.472. The summed E-state index contributed by atoms with van der Waals surface area (Å²) in [5, 5.41) is 0. The smallest absolute Gasteiger partial charge is 0.324 e.